The van der Waals surface area contributed by atoms with Crippen molar-refractivity contribution < 1.29 is 19.0 Å². The van der Waals surface area contributed by atoms with Crippen LogP contribution in [0.5, 0.6) is 11.5 Å². The maximum Gasteiger partial charge on any atom is 0.344 e. The molecule has 3 rings (SSSR count). The Morgan fingerprint density at radius 1 is 1.18 bits per heavy atom. The average molecular weight is 516 g/mol. The maximum absolute atomic E-state index is 13.2. The van der Waals surface area contributed by atoms with Crippen LogP contribution in [0.25, 0.3) is 10.9 Å². The first-order valence-electron chi connectivity index (χ1n) is 10.4. The van der Waals surface area contributed by atoms with E-state index in [1.807, 2.05) is 32.9 Å². The minimum Gasteiger partial charge on any atom is -0.493 e. The van der Waals surface area contributed by atoms with E-state index in [0.717, 1.165) is 4.47 Å². The van der Waals surface area contributed by atoms with Gasteiger partial charge in [0.25, 0.3) is 5.56 Å². The zero-order chi connectivity index (χ0) is 24.2. The molecule has 0 saturated carbocycles. The van der Waals surface area contributed by atoms with Crippen molar-refractivity contribution in [1.82, 2.24) is 9.66 Å². The van der Waals surface area contributed by atoms with Crippen molar-refractivity contribution >= 4 is 39.0 Å². The van der Waals surface area contributed by atoms with Gasteiger partial charge in [-0.2, -0.15) is 9.78 Å². The van der Waals surface area contributed by atoms with Gasteiger partial charge in [0.2, 0.25) is 0 Å². The zero-order valence-electron chi connectivity index (χ0n) is 19.2. The van der Waals surface area contributed by atoms with Crippen LogP contribution in [-0.4, -0.2) is 42.2 Å². The van der Waals surface area contributed by atoms with E-state index in [1.165, 1.54) is 11.8 Å². The molecule has 0 aliphatic rings. The molecular formula is C24H26BrN3O5. The Morgan fingerprint density at radius 2 is 1.94 bits per heavy atom. The van der Waals surface area contributed by atoms with Crippen molar-refractivity contribution in [2.24, 2.45) is 5.10 Å². The quantitative estimate of drug-likeness (QED) is 0.344. The first kappa shape index (κ1) is 24.4. The molecule has 0 radical (unpaired) electrons. The van der Waals surface area contributed by atoms with E-state index in [9.17, 15) is 9.59 Å². The van der Waals surface area contributed by atoms with Crippen LogP contribution in [0.15, 0.2) is 50.8 Å². The van der Waals surface area contributed by atoms with Gasteiger partial charge in [-0.05, 0) is 48.9 Å². The molecule has 0 spiro atoms. The summed E-state index contributed by atoms with van der Waals surface area (Å²) in [7, 11) is 1.50. The highest BCUT2D eigenvalue weighted by molar-refractivity contribution is 9.10. The van der Waals surface area contributed by atoms with Gasteiger partial charge in [-0.3, -0.25) is 4.79 Å². The standard InChI is InChI=1S/C24H26BrN3O5/c1-6-32-21(29)14-33-19-10-7-15(11-20(19)31-5)13-26-28-22(30)17-12-16(25)8-9-18(17)27-23(28)24(2,3)4/h7-13H,6,14H2,1-5H3. The fourth-order valence-corrected chi connectivity index (χ4v) is 3.45. The number of hydrogen-bond donors (Lipinski definition) is 0. The Bertz CT molecular complexity index is 1260. The Morgan fingerprint density at radius 3 is 2.61 bits per heavy atom. The summed E-state index contributed by atoms with van der Waals surface area (Å²) in [6, 6.07) is 10.5. The van der Waals surface area contributed by atoms with Crippen LogP contribution < -0.4 is 15.0 Å². The zero-order valence-corrected chi connectivity index (χ0v) is 20.8. The lowest BCUT2D eigenvalue weighted by Crippen LogP contribution is -2.29. The molecule has 2 aromatic carbocycles. The molecule has 0 saturated heterocycles. The van der Waals surface area contributed by atoms with Gasteiger partial charge in [0, 0.05) is 9.89 Å². The molecule has 0 aliphatic heterocycles. The first-order chi connectivity index (χ1) is 15.6. The first-order valence-corrected chi connectivity index (χ1v) is 11.2. The molecule has 0 amide bonds. The van der Waals surface area contributed by atoms with E-state index in [2.05, 4.69) is 21.0 Å². The second-order valence-corrected chi connectivity index (χ2v) is 9.13. The molecule has 0 N–H and O–H groups in total. The highest BCUT2D eigenvalue weighted by Gasteiger charge is 2.23. The molecule has 174 valence electrons. The van der Waals surface area contributed by atoms with E-state index < -0.39 is 11.4 Å². The summed E-state index contributed by atoms with van der Waals surface area (Å²) < 4.78 is 17.8. The summed E-state index contributed by atoms with van der Waals surface area (Å²) in [5, 5.41) is 4.92. The van der Waals surface area contributed by atoms with Crippen molar-refractivity contribution in [3.8, 4) is 11.5 Å². The van der Waals surface area contributed by atoms with Crippen LogP contribution in [0.2, 0.25) is 0 Å². The number of rotatable bonds is 7. The summed E-state index contributed by atoms with van der Waals surface area (Å²) in [6.45, 7) is 7.72. The van der Waals surface area contributed by atoms with Crippen LogP contribution in [0.3, 0.4) is 0 Å². The van der Waals surface area contributed by atoms with Crippen LogP contribution in [0.1, 0.15) is 39.1 Å². The number of methoxy groups -OCH3 is 1. The predicted molar refractivity (Wildman–Crippen MR) is 131 cm³/mol. The second-order valence-electron chi connectivity index (χ2n) is 8.21. The van der Waals surface area contributed by atoms with E-state index in [1.54, 1.807) is 37.4 Å². The highest BCUT2D eigenvalue weighted by atomic mass is 79.9. The van der Waals surface area contributed by atoms with E-state index >= 15 is 0 Å². The number of carbonyl (C=O) groups excluding carboxylic acids is 1. The van der Waals surface area contributed by atoms with E-state index in [-0.39, 0.29) is 18.8 Å². The Hall–Kier alpha value is -3.20. The Kier molecular flexibility index (Phi) is 7.53. The number of hydrogen-bond acceptors (Lipinski definition) is 7. The van der Waals surface area contributed by atoms with Gasteiger partial charge in [-0.1, -0.05) is 36.7 Å². The van der Waals surface area contributed by atoms with Crippen LogP contribution >= 0.6 is 15.9 Å². The molecule has 1 aromatic heterocycles. The van der Waals surface area contributed by atoms with Crippen molar-refractivity contribution in [3.63, 3.8) is 0 Å². The smallest absolute Gasteiger partial charge is 0.344 e. The summed E-state index contributed by atoms with van der Waals surface area (Å²) in [4.78, 5) is 29.5. The topological polar surface area (TPSA) is 92.0 Å². The van der Waals surface area contributed by atoms with Gasteiger partial charge < -0.3 is 14.2 Å². The summed E-state index contributed by atoms with van der Waals surface area (Å²) >= 11 is 3.41. The molecule has 8 nitrogen and oxygen atoms in total. The van der Waals surface area contributed by atoms with Gasteiger partial charge in [0.1, 0.15) is 5.82 Å². The second kappa shape index (κ2) is 10.2. The van der Waals surface area contributed by atoms with Crippen molar-refractivity contribution in [2.45, 2.75) is 33.1 Å². The van der Waals surface area contributed by atoms with E-state index in [4.69, 9.17) is 19.2 Å². The molecular weight excluding hydrogens is 490 g/mol. The third-order valence-electron chi connectivity index (χ3n) is 4.64. The summed E-state index contributed by atoms with van der Waals surface area (Å²) in [6.07, 6.45) is 1.56. The lowest BCUT2D eigenvalue weighted by atomic mass is 9.95. The number of fused-ring (bicyclic) bond motifs is 1. The van der Waals surface area contributed by atoms with Crippen LogP contribution in [0.4, 0.5) is 0 Å². The monoisotopic (exact) mass is 515 g/mol. The molecule has 9 heteroatoms. The largest absolute Gasteiger partial charge is 0.493 e. The fourth-order valence-electron chi connectivity index (χ4n) is 3.09. The molecule has 3 aromatic rings. The average Bonchev–Trinajstić information content (AvgIpc) is 2.77. The number of esters is 1. The van der Waals surface area contributed by atoms with E-state index in [0.29, 0.717) is 33.8 Å². The number of nitrogens with zero attached hydrogens (tertiary/aromatic N) is 3. The lowest BCUT2D eigenvalue weighted by Gasteiger charge is -2.20. The number of ether oxygens (including phenoxy) is 3. The number of halogens is 1. The highest BCUT2D eigenvalue weighted by Crippen LogP contribution is 2.28. The minimum absolute atomic E-state index is 0.222. The summed E-state index contributed by atoms with van der Waals surface area (Å²) in [5.41, 5.74) is 0.616. The minimum atomic E-state index is -0.463. The molecule has 0 fully saturated rings. The normalized spacial score (nSPS) is 11.7. The molecule has 33 heavy (non-hydrogen) atoms. The van der Waals surface area contributed by atoms with Gasteiger partial charge >= 0.3 is 5.97 Å². The van der Waals surface area contributed by atoms with Crippen molar-refractivity contribution in [2.75, 3.05) is 20.3 Å². The van der Waals surface area contributed by atoms with Crippen LogP contribution in [0, 0.1) is 0 Å². The third-order valence-corrected chi connectivity index (χ3v) is 5.13. The molecule has 0 aliphatic carbocycles. The predicted octanol–water partition coefficient (Wildman–Crippen LogP) is 4.29. The number of aromatic nitrogens is 2. The third kappa shape index (κ3) is 5.78. The molecule has 0 atom stereocenters. The maximum atomic E-state index is 13.2. The number of carbonyl (C=O) groups is 1. The van der Waals surface area contributed by atoms with Gasteiger partial charge in [-0.25, -0.2) is 9.78 Å². The molecule has 0 bridgehead atoms. The SMILES string of the molecule is CCOC(=O)COc1ccc(C=Nn2c(C(C)(C)C)nc3ccc(Br)cc3c2=O)cc1OC. The van der Waals surface area contributed by atoms with Gasteiger partial charge in [0.15, 0.2) is 18.1 Å². The van der Waals surface area contributed by atoms with Crippen LogP contribution in [-0.2, 0) is 14.9 Å². The Labute approximate surface area is 200 Å². The fraction of sp³-hybridized carbons (Fsp3) is 0.333. The Balaban J connectivity index is 1.99. The van der Waals surface area contributed by atoms with Gasteiger partial charge in [0.05, 0.1) is 30.8 Å². The summed E-state index contributed by atoms with van der Waals surface area (Å²) in [5.74, 6) is 0.898. The lowest BCUT2D eigenvalue weighted by molar-refractivity contribution is -0.145. The van der Waals surface area contributed by atoms with Gasteiger partial charge in [-0.15, -0.1) is 0 Å². The van der Waals surface area contributed by atoms with Crippen molar-refractivity contribution in [1.29, 1.82) is 0 Å². The number of benzene rings is 2. The molecule has 1 heterocycles. The van der Waals surface area contributed by atoms with Crippen molar-refractivity contribution in [3.05, 3.63) is 62.6 Å². The molecule has 0 unspecified atom stereocenters.